The Hall–Kier alpha value is -3.22. The minimum absolute atomic E-state index is 0.0359. The quantitative estimate of drug-likeness (QED) is 0.703. The van der Waals surface area contributed by atoms with Crippen molar-refractivity contribution in [1.82, 2.24) is 14.8 Å². The summed E-state index contributed by atoms with van der Waals surface area (Å²) in [5.41, 5.74) is 4.14. The second-order valence-corrected chi connectivity index (χ2v) is 7.32. The minimum Gasteiger partial charge on any atom is -0.354 e. The number of amides is 1. The zero-order valence-electron chi connectivity index (χ0n) is 15.5. The van der Waals surface area contributed by atoms with Crippen molar-refractivity contribution >= 4 is 17.4 Å². The fourth-order valence-corrected chi connectivity index (χ4v) is 3.89. The van der Waals surface area contributed by atoms with Gasteiger partial charge < -0.3 is 9.80 Å². The molecule has 2 aromatic heterocycles. The van der Waals surface area contributed by atoms with Crippen LogP contribution in [0.4, 0.5) is 15.9 Å². The van der Waals surface area contributed by atoms with Crippen molar-refractivity contribution in [2.75, 3.05) is 22.9 Å². The van der Waals surface area contributed by atoms with Crippen LogP contribution >= 0.6 is 0 Å². The summed E-state index contributed by atoms with van der Waals surface area (Å²) in [6.07, 6.45) is 3.25. The molecule has 0 unspecified atom stereocenters. The number of benzene rings is 1. The minimum atomic E-state index is -0.780. The maximum Gasteiger partial charge on any atom is 0.262 e. The molecule has 0 saturated carbocycles. The van der Waals surface area contributed by atoms with Crippen LogP contribution in [0.25, 0.3) is 5.69 Å². The van der Waals surface area contributed by atoms with Gasteiger partial charge in [0.2, 0.25) is 0 Å². The van der Waals surface area contributed by atoms with Gasteiger partial charge in [-0.15, -0.1) is 0 Å². The molecule has 0 radical (unpaired) electrons. The van der Waals surface area contributed by atoms with Crippen LogP contribution in [0.2, 0.25) is 0 Å². The Morgan fingerprint density at radius 3 is 2.71 bits per heavy atom. The SMILES string of the molecule is Cc1ccccc1N1Cc2nn(-c3ccc(N4CC[C@H](F)C4)nc3)cc2C1=O. The van der Waals surface area contributed by atoms with E-state index in [1.54, 1.807) is 22.0 Å². The highest BCUT2D eigenvalue weighted by molar-refractivity contribution is 6.09. The molecular weight excluding hydrogens is 357 g/mol. The van der Waals surface area contributed by atoms with E-state index in [4.69, 9.17) is 0 Å². The molecule has 1 atom stereocenters. The Balaban J connectivity index is 1.38. The molecule has 4 heterocycles. The standard InChI is InChI=1S/C21H20FN5O/c1-14-4-2-3-5-19(14)26-13-18-17(21(26)28)12-27(24-18)16-6-7-20(23-10-16)25-9-8-15(22)11-25/h2-7,10,12,15H,8-9,11,13H2,1H3/t15-/m0/s1. The van der Waals surface area contributed by atoms with Crippen LogP contribution in [0.1, 0.15) is 28.0 Å². The average Bonchev–Trinajstić information content (AvgIpc) is 3.39. The van der Waals surface area contributed by atoms with Gasteiger partial charge in [0.25, 0.3) is 5.91 Å². The number of pyridine rings is 1. The Morgan fingerprint density at radius 2 is 2.04 bits per heavy atom. The van der Waals surface area contributed by atoms with Gasteiger partial charge in [0, 0.05) is 18.4 Å². The van der Waals surface area contributed by atoms with Crippen LogP contribution in [0.5, 0.6) is 0 Å². The van der Waals surface area contributed by atoms with E-state index in [1.807, 2.05) is 48.2 Å². The molecule has 1 fully saturated rings. The van der Waals surface area contributed by atoms with E-state index in [2.05, 4.69) is 10.1 Å². The summed E-state index contributed by atoms with van der Waals surface area (Å²) >= 11 is 0. The Bertz CT molecular complexity index is 1050. The first kappa shape index (κ1) is 16.9. The molecule has 0 aliphatic carbocycles. The summed E-state index contributed by atoms with van der Waals surface area (Å²) < 4.78 is 15.1. The first-order valence-corrected chi connectivity index (χ1v) is 9.41. The van der Waals surface area contributed by atoms with Crippen molar-refractivity contribution in [3.8, 4) is 5.69 Å². The predicted octanol–water partition coefficient (Wildman–Crippen LogP) is 3.28. The van der Waals surface area contributed by atoms with Gasteiger partial charge in [0.05, 0.1) is 36.2 Å². The lowest BCUT2D eigenvalue weighted by Gasteiger charge is -2.18. The highest BCUT2D eigenvalue weighted by Gasteiger charge is 2.32. The summed E-state index contributed by atoms with van der Waals surface area (Å²) in [5, 5.41) is 4.60. The number of halogens is 1. The van der Waals surface area contributed by atoms with E-state index in [9.17, 15) is 9.18 Å². The number of hydrogen-bond acceptors (Lipinski definition) is 4. The third-order valence-corrected chi connectivity index (χ3v) is 5.43. The number of nitrogens with zero attached hydrogens (tertiary/aromatic N) is 5. The van der Waals surface area contributed by atoms with Gasteiger partial charge in [-0.1, -0.05) is 18.2 Å². The van der Waals surface area contributed by atoms with Crippen molar-refractivity contribution in [2.24, 2.45) is 0 Å². The van der Waals surface area contributed by atoms with Gasteiger partial charge in [0.1, 0.15) is 12.0 Å². The fourth-order valence-electron chi connectivity index (χ4n) is 3.89. The van der Waals surface area contributed by atoms with Gasteiger partial charge in [-0.25, -0.2) is 14.1 Å². The van der Waals surface area contributed by atoms with Crippen LogP contribution in [-0.2, 0) is 6.54 Å². The normalized spacial score (nSPS) is 18.8. The zero-order valence-corrected chi connectivity index (χ0v) is 15.5. The summed E-state index contributed by atoms with van der Waals surface area (Å²) in [4.78, 5) is 21.0. The molecule has 3 aromatic rings. The number of alkyl halides is 1. The van der Waals surface area contributed by atoms with Crippen LogP contribution in [0.15, 0.2) is 48.8 Å². The highest BCUT2D eigenvalue weighted by atomic mass is 19.1. The van der Waals surface area contributed by atoms with E-state index in [1.165, 1.54) is 0 Å². The Morgan fingerprint density at radius 1 is 1.18 bits per heavy atom. The van der Waals surface area contributed by atoms with Crippen molar-refractivity contribution in [1.29, 1.82) is 0 Å². The lowest BCUT2D eigenvalue weighted by atomic mass is 10.2. The van der Waals surface area contributed by atoms with E-state index in [0.29, 0.717) is 31.6 Å². The number of hydrogen-bond donors (Lipinski definition) is 0. The van der Waals surface area contributed by atoms with Crippen LogP contribution in [0, 0.1) is 6.92 Å². The zero-order chi connectivity index (χ0) is 19.3. The highest BCUT2D eigenvalue weighted by Crippen LogP contribution is 2.30. The molecule has 2 aliphatic rings. The summed E-state index contributed by atoms with van der Waals surface area (Å²) in [7, 11) is 0. The maximum atomic E-state index is 13.4. The van der Waals surface area contributed by atoms with Crippen LogP contribution in [0.3, 0.4) is 0 Å². The number of rotatable bonds is 3. The molecule has 142 valence electrons. The van der Waals surface area contributed by atoms with Gasteiger partial charge in [0.15, 0.2) is 0 Å². The third kappa shape index (κ3) is 2.74. The Kier molecular flexibility index (Phi) is 3.89. The topological polar surface area (TPSA) is 54.3 Å². The lowest BCUT2D eigenvalue weighted by Crippen LogP contribution is -2.24. The Labute approximate surface area is 162 Å². The van der Waals surface area contributed by atoms with E-state index >= 15 is 0 Å². The van der Waals surface area contributed by atoms with Gasteiger partial charge >= 0.3 is 0 Å². The molecule has 5 rings (SSSR count). The van der Waals surface area contributed by atoms with Crippen molar-refractivity contribution in [3.63, 3.8) is 0 Å². The number of carbonyl (C=O) groups excluding carboxylic acids is 1. The number of carbonyl (C=O) groups is 1. The lowest BCUT2D eigenvalue weighted by molar-refractivity contribution is 0.0996. The summed E-state index contributed by atoms with van der Waals surface area (Å²) in [6, 6.07) is 11.6. The molecule has 1 aromatic carbocycles. The van der Waals surface area contributed by atoms with Crippen molar-refractivity contribution < 1.29 is 9.18 Å². The molecule has 7 heteroatoms. The molecule has 2 aliphatic heterocycles. The van der Waals surface area contributed by atoms with E-state index in [-0.39, 0.29) is 5.91 Å². The van der Waals surface area contributed by atoms with Gasteiger partial charge in [-0.2, -0.15) is 5.10 Å². The van der Waals surface area contributed by atoms with E-state index in [0.717, 1.165) is 28.5 Å². The molecule has 0 N–H and O–H groups in total. The van der Waals surface area contributed by atoms with E-state index < -0.39 is 6.17 Å². The monoisotopic (exact) mass is 377 g/mol. The maximum absolute atomic E-state index is 13.4. The van der Waals surface area contributed by atoms with Crippen molar-refractivity contribution in [2.45, 2.75) is 26.1 Å². The molecule has 1 saturated heterocycles. The molecule has 6 nitrogen and oxygen atoms in total. The predicted molar refractivity (Wildman–Crippen MR) is 105 cm³/mol. The number of anilines is 2. The van der Waals surface area contributed by atoms with Gasteiger partial charge in [-0.3, -0.25) is 4.79 Å². The number of fused-ring (bicyclic) bond motifs is 1. The summed E-state index contributed by atoms with van der Waals surface area (Å²) in [6.45, 7) is 3.54. The molecule has 0 bridgehead atoms. The fraction of sp³-hybridized carbons (Fsp3) is 0.286. The third-order valence-electron chi connectivity index (χ3n) is 5.43. The molecule has 0 spiro atoms. The molecule has 1 amide bonds. The number of aryl methyl sites for hydroxylation is 1. The second-order valence-electron chi connectivity index (χ2n) is 7.32. The largest absolute Gasteiger partial charge is 0.354 e. The van der Waals surface area contributed by atoms with Crippen molar-refractivity contribution in [3.05, 3.63) is 65.6 Å². The van der Waals surface area contributed by atoms with Crippen LogP contribution < -0.4 is 9.80 Å². The first-order chi connectivity index (χ1) is 13.6. The first-order valence-electron chi connectivity index (χ1n) is 9.41. The second kappa shape index (κ2) is 6.44. The number of aromatic nitrogens is 3. The number of para-hydroxylation sites is 1. The van der Waals surface area contributed by atoms with Gasteiger partial charge in [-0.05, 0) is 37.1 Å². The summed E-state index contributed by atoms with van der Waals surface area (Å²) in [5.74, 6) is 0.733. The molecular formula is C21H20FN5O. The smallest absolute Gasteiger partial charge is 0.262 e. The molecule has 28 heavy (non-hydrogen) atoms. The van der Waals surface area contributed by atoms with Crippen LogP contribution in [-0.4, -0.2) is 39.9 Å². The average molecular weight is 377 g/mol.